The molecule has 1 fully saturated rings. The third-order valence-corrected chi connectivity index (χ3v) is 6.01. The van der Waals surface area contributed by atoms with E-state index in [0.29, 0.717) is 9.92 Å². The van der Waals surface area contributed by atoms with Crippen LogP contribution in [0.4, 0.5) is 0 Å². The number of benzene rings is 2. The topological polar surface area (TPSA) is 46.2 Å². The highest BCUT2D eigenvalue weighted by molar-refractivity contribution is 7.89. The van der Waals surface area contributed by atoms with Crippen LogP contribution in [0, 0.1) is 13.8 Å². The van der Waals surface area contributed by atoms with Crippen LogP contribution in [0.5, 0.6) is 0 Å². The van der Waals surface area contributed by atoms with Crippen molar-refractivity contribution < 1.29 is 8.42 Å². The van der Waals surface area contributed by atoms with E-state index in [-0.39, 0.29) is 0 Å². The molecule has 1 aliphatic carbocycles. The molecule has 0 saturated heterocycles. The van der Waals surface area contributed by atoms with E-state index < -0.39 is 15.6 Å². The van der Waals surface area contributed by atoms with Crippen molar-refractivity contribution in [2.75, 3.05) is 0 Å². The zero-order chi connectivity index (χ0) is 16.0. The summed E-state index contributed by atoms with van der Waals surface area (Å²) in [7, 11) is -3.55. The van der Waals surface area contributed by atoms with Crippen molar-refractivity contribution in [2.24, 2.45) is 0 Å². The minimum absolute atomic E-state index is 0.309. The van der Waals surface area contributed by atoms with E-state index in [1.165, 1.54) is 0 Å². The van der Waals surface area contributed by atoms with Crippen molar-refractivity contribution in [3.63, 3.8) is 0 Å². The maximum Gasteiger partial charge on any atom is 0.241 e. The average Bonchev–Trinajstić information content (AvgIpc) is 3.22. The Labute approximate surface area is 136 Å². The average molecular weight is 336 g/mol. The molecule has 0 bridgehead atoms. The number of nitrogens with one attached hydrogen (secondary N) is 1. The maximum atomic E-state index is 12.7. The fraction of sp³-hybridized carbons (Fsp3) is 0.294. The Kier molecular flexibility index (Phi) is 3.79. The lowest BCUT2D eigenvalue weighted by molar-refractivity contribution is 0.551. The van der Waals surface area contributed by atoms with Gasteiger partial charge in [0.15, 0.2) is 0 Å². The second kappa shape index (κ2) is 5.37. The first-order valence-electron chi connectivity index (χ1n) is 7.20. The van der Waals surface area contributed by atoms with E-state index in [0.717, 1.165) is 29.5 Å². The van der Waals surface area contributed by atoms with Crippen molar-refractivity contribution >= 4 is 21.6 Å². The molecule has 3 nitrogen and oxygen atoms in total. The highest BCUT2D eigenvalue weighted by Gasteiger charge is 2.47. The molecular weight excluding hydrogens is 318 g/mol. The van der Waals surface area contributed by atoms with E-state index in [9.17, 15) is 8.42 Å². The Balaban J connectivity index is 1.93. The Hall–Kier alpha value is -1.36. The van der Waals surface area contributed by atoms with Gasteiger partial charge in [-0.3, -0.25) is 0 Å². The summed E-state index contributed by atoms with van der Waals surface area (Å²) in [5.41, 5.74) is 2.46. The van der Waals surface area contributed by atoms with E-state index in [1.54, 1.807) is 18.2 Å². The number of sulfonamides is 1. The van der Waals surface area contributed by atoms with Crippen molar-refractivity contribution in [1.82, 2.24) is 4.72 Å². The standard InChI is InChI=1S/C17H18ClNO2S/c1-12-6-7-16(10-13(12)2)22(20,21)19-17(8-9-17)14-4-3-5-15(18)11-14/h3-7,10-11,19H,8-9H2,1-2H3. The fourth-order valence-electron chi connectivity index (χ4n) is 2.56. The van der Waals surface area contributed by atoms with Gasteiger partial charge in [-0.25, -0.2) is 13.1 Å². The second-order valence-electron chi connectivity index (χ2n) is 5.94. The molecule has 0 radical (unpaired) electrons. The molecule has 2 aromatic rings. The molecule has 22 heavy (non-hydrogen) atoms. The highest BCUT2D eigenvalue weighted by Crippen LogP contribution is 2.47. The second-order valence-corrected chi connectivity index (χ2v) is 8.06. The molecule has 0 unspecified atom stereocenters. The Morgan fingerprint density at radius 1 is 1.05 bits per heavy atom. The smallest absolute Gasteiger partial charge is 0.207 e. The molecule has 3 rings (SSSR count). The lowest BCUT2D eigenvalue weighted by Gasteiger charge is -2.18. The highest BCUT2D eigenvalue weighted by atomic mass is 35.5. The van der Waals surface area contributed by atoms with Gasteiger partial charge in [0.25, 0.3) is 0 Å². The van der Waals surface area contributed by atoms with Crippen LogP contribution < -0.4 is 4.72 Å². The number of hydrogen-bond donors (Lipinski definition) is 1. The van der Waals surface area contributed by atoms with Crippen LogP contribution in [-0.4, -0.2) is 8.42 Å². The zero-order valence-corrected chi connectivity index (χ0v) is 14.1. The molecule has 116 valence electrons. The van der Waals surface area contributed by atoms with Crippen molar-refractivity contribution in [3.8, 4) is 0 Å². The van der Waals surface area contributed by atoms with Gasteiger partial charge >= 0.3 is 0 Å². The predicted octanol–water partition coefficient (Wildman–Crippen LogP) is 3.92. The van der Waals surface area contributed by atoms with E-state index >= 15 is 0 Å². The van der Waals surface area contributed by atoms with Gasteiger partial charge in [0.2, 0.25) is 10.0 Å². The fourth-order valence-corrected chi connectivity index (χ4v) is 4.28. The minimum Gasteiger partial charge on any atom is -0.207 e. The summed E-state index contributed by atoms with van der Waals surface area (Å²) in [4.78, 5) is 0.309. The van der Waals surface area contributed by atoms with Gasteiger partial charge in [0.05, 0.1) is 10.4 Å². The Morgan fingerprint density at radius 3 is 2.36 bits per heavy atom. The summed E-state index contributed by atoms with van der Waals surface area (Å²) in [5.74, 6) is 0. The molecule has 0 amide bonds. The van der Waals surface area contributed by atoms with E-state index in [1.807, 2.05) is 38.1 Å². The maximum absolute atomic E-state index is 12.7. The summed E-state index contributed by atoms with van der Waals surface area (Å²) in [6.07, 6.45) is 1.58. The Bertz CT molecular complexity index is 826. The van der Waals surface area contributed by atoms with Gasteiger partial charge in [-0.15, -0.1) is 0 Å². The van der Waals surface area contributed by atoms with E-state index in [2.05, 4.69) is 4.72 Å². The van der Waals surface area contributed by atoms with Crippen LogP contribution in [0.1, 0.15) is 29.5 Å². The normalized spacial score (nSPS) is 16.5. The van der Waals surface area contributed by atoms with Gasteiger partial charge in [-0.2, -0.15) is 0 Å². The Morgan fingerprint density at radius 2 is 1.77 bits per heavy atom. The summed E-state index contributed by atoms with van der Waals surface area (Å²) < 4.78 is 28.2. The summed E-state index contributed by atoms with van der Waals surface area (Å²) in [6, 6.07) is 12.6. The van der Waals surface area contributed by atoms with Crippen molar-refractivity contribution in [3.05, 3.63) is 64.2 Å². The molecule has 1 aliphatic rings. The third kappa shape index (κ3) is 2.91. The van der Waals surface area contributed by atoms with Crippen LogP contribution in [0.15, 0.2) is 47.4 Å². The number of halogens is 1. The van der Waals surface area contributed by atoms with Gasteiger partial charge in [-0.05, 0) is 67.6 Å². The summed E-state index contributed by atoms with van der Waals surface area (Å²) in [6.45, 7) is 3.88. The summed E-state index contributed by atoms with van der Waals surface area (Å²) >= 11 is 6.03. The molecule has 0 aromatic heterocycles. The predicted molar refractivity (Wildman–Crippen MR) is 88.6 cm³/mol. The van der Waals surface area contributed by atoms with Crippen LogP contribution in [0.2, 0.25) is 5.02 Å². The van der Waals surface area contributed by atoms with Crippen molar-refractivity contribution in [2.45, 2.75) is 37.1 Å². The lowest BCUT2D eigenvalue weighted by atomic mass is 10.1. The monoisotopic (exact) mass is 335 g/mol. The first kappa shape index (κ1) is 15.5. The molecular formula is C17H18ClNO2S. The van der Waals surface area contributed by atoms with Crippen LogP contribution in [0.25, 0.3) is 0 Å². The van der Waals surface area contributed by atoms with Gasteiger partial charge in [0.1, 0.15) is 0 Å². The van der Waals surface area contributed by atoms with Crippen LogP contribution in [0.3, 0.4) is 0 Å². The minimum atomic E-state index is -3.55. The van der Waals surface area contributed by atoms with Gasteiger partial charge in [0, 0.05) is 5.02 Å². The molecule has 1 N–H and O–H groups in total. The van der Waals surface area contributed by atoms with Gasteiger partial charge < -0.3 is 0 Å². The molecule has 2 aromatic carbocycles. The van der Waals surface area contributed by atoms with Crippen LogP contribution in [-0.2, 0) is 15.6 Å². The number of aryl methyl sites for hydroxylation is 2. The van der Waals surface area contributed by atoms with E-state index in [4.69, 9.17) is 11.6 Å². The van der Waals surface area contributed by atoms with Gasteiger partial charge in [-0.1, -0.05) is 29.8 Å². The molecule has 0 aliphatic heterocycles. The first-order valence-corrected chi connectivity index (χ1v) is 9.06. The third-order valence-electron chi connectivity index (χ3n) is 4.25. The molecule has 5 heteroatoms. The van der Waals surface area contributed by atoms with Crippen LogP contribution >= 0.6 is 11.6 Å². The molecule has 0 spiro atoms. The molecule has 1 saturated carbocycles. The quantitative estimate of drug-likeness (QED) is 0.920. The largest absolute Gasteiger partial charge is 0.241 e. The summed E-state index contributed by atoms with van der Waals surface area (Å²) in [5, 5.41) is 0.620. The zero-order valence-electron chi connectivity index (χ0n) is 12.6. The number of rotatable bonds is 4. The SMILES string of the molecule is Cc1ccc(S(=O)(=O)NC2(c3cccc(Cl)c3)CC2)cc1C. The number of hydrogen-bond acceptors (Lipinski definition) is 2. The molecule has 0 atom stereocenters. The lowest BCUT2D eigenvalue weighted by Crippen LogP contribution is -2.34. The van der Waals surface area contributed by atoms with Crippen molar-refractivity contribution in [1.29, 1.82) is 0 Å². The molecule has 0 heterocycles. The first-order chi connectivity index (χ1) is 10.3.